The summed E-state index contributed by atoms with van der Waals surface area (Å²) >= 11 is 0. The Morgan fingerprint density at radius 1 is 1.36 bits per heavy atom. The summed E-state index contributed by atoms with van der Waals surface area (Å²) in [5.74, 6) is -0.0762. The molecular formula is C12H16FN. The number of halogens is 1. The second-order valence-corrected chi connectivity index (χ2v) is 4.78. The van der Waals surface area contributed by atoms with Crippen LogP contribution in [0.2, 0.25) is 0 Å². The maximum absolute atomic E-state index is 13.5. The van der Waals surface area contributed by atoms with E-state index >= 15 is 0 Å². The lowest BCUT2D eigenvalue weighted by Gasteiger charge is -2.21. The largest absolute Gasteiger partial charge is 0.384 e. The summed E-state index contributed by atoms with van der Waals surface area (Å²) in [4.78, 5) is 0. The normalized spacial score (nSPS) is 19.4. The molecule has 2 rings (SSSR count). The van der Waals surface area contributed by atoms with Crippen LogP contribution in [0.25, 0.3) is 0 Å². The van der Waals surface area contributed by atoms with Crippen LogP contribution in [0, 0.1) is 11.2 Å². The predicted molar refractivity (Wildman–Crippen MR) is 57.0 cm³/mol. The summed E-state index contributed by atoms with van der Waals surface area (Å²) in [5.41, 5.74) is 2.07. The third-order valence-corrected chi connectivity index (χ3v) is 2.93. The van der Waals surface area contributed by atoms with Crippen molar-refractivity contribution in [1.82, 2.24) is 0 Å². The highest BCUT2D eigenvalue weighted by Crippen LogP contribution is 2.31. The molecule has 1 N–H and O–H groups in total. The lowest BCUT2D eigenvalue weighted by atomic mass is 9.87. The van der Waals surface area contributed by atoms with Gasteiger partial charge in [0.2, 0.25) is 0 Å². The summed E-state index contributed by atoms with van der Waals surface area (Å²) in [5, 5.41) is 3.32. The fraction of sp³-hybridized carbons (Fsp3) is 0.500. The number of nitrogens with one attached hydrogen (secondary N) is 1. The Bertz CT molecular complexity index is 344. The van der Waals surface area contributed by atoms with E-state index in [9.17, 15) is 4.39 Å². The molecule has 1 aromatic rings. The quantitative estimate of drug-likeness (QED) is 0.667. The van der Waals surface area contributed by atoms with Crippen LogP contribution in [0.15, 0.2) is 18.2 Å². The van der Waals surface area contributed by atoms with Gasteiger partial charge in [-0.1, -0.05) is 19.9 Å². The van der Waals surface area contributed by atoms with Crippen LogP contribution in [0.5, 0.6) is 0 Å². The molecule has 0 bridgehead atoms. The molecule has 1 aliphatic rings. The van der Waals surface area contributed by atoms with Crippen LogP contribution in [-0.2, 0) is 6.42 Å². The summed E-state index contributed by atoms with van der Waals surface area (Å²) in [6.07, 6.45) is 1.87. The lowest BCUT2D eigenvalue weighted by Crippen LogP contribution is -2.21. The van der Waals surface area contributed by atoms with Crippen molar-refractivity contribution < 1.29 is 4.39 Å². The molecule has 0 aliphatic carbocycles. The molecule has 0 aromatic heterocycles. The van der Waals surface area contributed by atoms with E-state index < -0.39 is 0 Å². The molecule has 1 aromatic carbocycles. The SMILES string of the molecule is CC1(C)CCc2c(F)cccc2NC1. The van der Waals surface area contributed by atoms with E-state index in [1.54, 1.807) is 12.1 Å². The molecule has 0 saturated heterocycles. The number of rotatable bonds is 0. The van der Waals surface area contributed by atoms with Gasteiger partial charge in [-0.3, -0.25) is 0 Å². The molecule has 0 spiro atoms. The zero-order chi connectivity index (χ0) is 10.2. The Balaban J connectivity index is 2.34. The minimum absolute atomic E-state index is 0.0762. The maximum Gasteiger partial charge on any atom is 0.128 e. The molecule has 0 atom stereocenters. The van der Waals surface area contributed by atoms with Gasteiger partial charge in [0, 0.05) is 17.8 Å². The molecule has 2 heteroatoms. The van der Waals surface area contributed by atoms with Crippen LogP contribution >= 0.6 is 0 Å². The lowest BCUT2D eigenvalue weighted by molar-refractivity contribution is 0.363. The number of fused-ring (bicyclic) bond motifs is 1. The van der Waals surface area contributed by atoms with Gasteiger partial charge in [-0.05, 0) is 30.4 Å². The fourth-order valence-corrected chi connectivity index (χ4v) is 1.86. The first-order valence-electron chi connectivity index (χ1n) is 5.10. The second kappa shape index (κ2) is 3.26. The van der Waals surface area contributed by atoms with Gasteiger partial charge in [0.15, 0.2) is 0 Å². The predicted octanol–water partition coefficient (Wildman–Crippen LogP) is 3.21. The Morgan fingerprint density at radius 3 is 2.93 bits per heavy atom. The Labute approximate surface area is 84.3 Å². The highest BCUT2D eigenvalue weighted by atomic mass is 19.1. The van der Waals surface area contributed by atoms with E-state index in [-0.39, 0.29) is 11.2 Å². The van der Waals surface area contributed by atoms with Crippen molar-refractivity contribution in [3.05, 3.63) is 29.6 Å². The third-order valence-electron chi connectivity index (χ3n) is 2.93. The van der Waals surface area contributed by atoms with E-state index in [0.717, 1.165) is 30.6 Å². The van der Waals surface area contributed by atoms with Gasteiger partial charge in [-0.15, -0.1) is 0 Å². The minimum Gasteiger partial charge on any atom is -0.384 e. The van der Waals surface area contributed by atoms with Crippen molar-refractivity contribution in [2.75, 3.05) is 11.9 Å². The summed E-state index contributed by atoms with van der Waals surface area (Å²) in [6, 6.07) is 5.26. The highest BCUT2D eigenvalue weighted by Gasteiger charge is 2.23. The summed E-state index contributed by atoms with van der Waals surface area (Å²) in [6.45, 7) is 5.34. The average molecular weight is 193 g/mol. The Kier molecular flexibility index (Phi) is 2.22. The van der Waals surface area contributed by atoms with Gasteiger partial charge in [-0.25, -0.2) is 4.39 Å². The molecule has 0 radical (unpaired) electrons. The molecule has 14 heavy (non-hydrogen) atoms. The smallest absolute Gasteiger partial charge is 0.128 e. The summed E-state index contributed by atoms with van der Waals surface area (Å²) < 4.78 is 13.5. The number of anilines is 1. The molecular weight excluding hydrogens is 177 g/mol. The third kappa shape index (κ3) is 1.74. The Hall–Kier alpha value is -1.05. The van der Waals surface area contributed by atoms with Crippen LogP contribution < -0.4 is 5.32 Å². The van der Waals surface area contributed by atoms with E-state index in [1.165, 1.54) is 0 Å². The monoisotopic (exact) mass is 193 g/mol. The van der Waals surface area contributed by atoms with Gasteiger partial charge < -0.3 is 5.32 Å². The Morgan fingerprint density at radius 2 is 2.14 bits per heavy atom. The van der Waals surface area contributed by atoms with Crippen molar-refractivity contribution in [1.29, 1.82) is 0 Å². The zero-order valence-corrected chi connectivity index (χ0v) is 8.73. The van der Waals surface area contributed by atoms with Crippen molar-refractivity contribution in [2.24, 2.45) is 5.41 Å². The second-order valence-electron chi connectivity index (χ2n) is 4.78. The molecule has 0 saturated carbocycles. The highest BCUT2D eigenvalue weighted by molar-refractivity contribution is 5.52. The number of hydrogen-bond donors (Lipinski definition) is 1. The van der Waals surface area contributed by atoms with Crippen molar-refractivity contribution in [3.8, 4) is 0 Å². The molecule has 0 amide bonds. The summed E-state index contributed by atoms with van der Waals surface area (Å²) in [7, 11) is 0. The van der Waals surface area contributed by atoms with Gasteiger partial charge in [0.25, 0.3) is 0 Å². The first-order valence-corrected chi connectivity index (χ1v) is 5.10. The minimum atomic E-state index is -0.0762. The topological polar surface area (TPSA) is 12.0 Å². The fourth-order valence-electron chi connectivity index (χ4n) is 1.86. The standard InChI is InChI=1S/C12H16FN/c1-12(2)7-6-9-10(13)4-3-5-11(9)14-8-12/h3-5,14H,6-8H2,1-2H3. The van der Waals surface area contributed by atoms with E-state index in [0.29, 0.717) is 0 Å². The van der Waals surface area contributed by atoms with Gasteiger partial charge >= 0.3 is 0 Å². The molecule has 76 valence electrons. The van der Waals surface area contributed by atoms with E-state index in [1.807, 2.05) is 6.07 Å². The average Bonchev–Trinajstić information content (AvgIpc) is 2.27. The van der Waals surface area contributed by atoms with E-state index in [2.05, 4.69) is 19.2 Å². The van der Waals surface area contributed by atoms with Gasteiger partial charge in [0.05, 0.1) is 0 Å². The molecule has 1 nitrogen and oxygen atoms in total. The first-order chi connectivity index (χ1) is 6.58. The molecule has 1 heterocycles. The van der Waals surface area contributed by atoms with Crippen LogP contribution in [0.1, 0.15) is 25.8 Å². The zero-order valence-electron chi connectivity index (χ0n) is 8.73. The first kappa shape index (κ1) is 9.50. The number of benzene rings is 1. The van der Waals surface area contributed by atoms with Crippen LogP contribution in [-0.4, -0.2) is 6.54 Å². The van der Waals surface area contributed by atoms with Crippen LogP contribution in [0.3, 0.4) is 0 Å². The molecule has 1 aliphatic heterocycles. The molecule has 0 fully saturated rings. The number of hydrogen-bond acceptors (Lipinski definition) is 1. The van der Waals surface area contributed by atoms with E-state index in [4.69, 9.17) is 0 Å². The van der Waals surface area contributed by atoms with Crippen molar-refractivity contribution in [2.45, 2.75) is 26.7 Å². The van der Waals surface area contributed by atoms with Crippen molar-refractivity contribution >= 4 is 5.69 Å². The van der Waals surface area contributed by atoms with Crippen LogP contribution in [0.4, 0.5) is 10.1 Å². The van der Waals surface area contributed by atoms with Crippen molar-refractivity contribution in [3.63, 3.8) is 0 Å². The van der Waals surface area contributed by atoms with Gasteiger partial charge in [-0.2, -0.15) is 0 Å². The maximum atomic E-state index is 13.5. The van der Waals surface area contributed by atoms with Gasteiger partial charge in [0.1, 0.15) is 5.82 Å². The molecule has 0 unspecified atom stereocenters.